The van der Waals surface area contributed by atoms with Crippen LogP contribution in [0.25, 0.3) is 0 Å². The van der Waals surface area contributed by atoms with E-state index in [0.717, 1.165) is 5.56 Å². The van der Waals surface area contributed by atoms with Gasteiger partial charge in [0.05, 0.1) is 10.6 Å². The van der Waals surface area contributed by atoms with Gasteiger partial charge in [-0.05, 0) is 24.6 Å². The Morgan fingerprint density at radius 1 is 1.14 bits per heavy atom. The number of benzene rings is 2. The number of urea groups is 1. The van der Waals surface area contributed by atoms with Crippen LogP contribution >= 0.6 is 11.6 Å². The molecule has 2 N–H and O–H groups in total. The van der Waals surface area contributed by atoms with Gasteiger partial charge < -0.3 is 19.5 Å². The summed E-state index contributed by atoms with van der Waals surface area (Å²) in [6.07, 6.45) is -1.20. The molecule has 152 valence electrons. The zero-order valence-corrected chi connectivity index (χ0v) is 16.3. The third-order valence-electron chi connectivity index (χ3n) is 4.02. The number of ether oxygens (including phenoxy) is 3. The Morgan fingerprint density at radius 2 is 1.86 bits per heavy atom. The number of amides is 3. The smallest absolute Gasteiger partial charge is 0.339 e. The number of rotatable bonds is 5. The monoisotopic (exact) mass is 418 g/mol. The lowest BCUT2D eigenvalue weighted by molar-refractivity contribution is -0.127. The van der Waals surface area contributed by atoms with Crippen LogP contribution in [0.5, 0.6) is 11.5 Å². The second-order valence-corrected chi connectivity index (χ2v) is 6.59. The van der Waals surface area contributed by atoms with Gasteiger partial charge in [0.1, 0.15) is 13.2 Å². The van der Waals surface area contributed by atoms with Crippen molar-refractivity contribution in [2.24, 2.45) is 0 Å². The highest BCUT2D eigenvalue weighted by Crippen LogP contribution is 2.38. The minimum atomic E-state index is -1.20. The molecule has 8 nitrogen and oxygen atoms in total. The summed E-state index contributed by atoms with van der Waals surface area (Å²) < 4.78 is 15.9. The summed E-state index contributed by atoms with van der Waals surface area (Å²) in [4.78, 5) is 36.3. The van der Waals surface area contributed by atoms with Crippen molar-refractivity contribution >= 4 is 29.5 Å². The van der Waals surface area contributed by atoms with Gasteiger partial charge in [-0.2, -0.15) is 0 Å². The fourth-order valence-electron chi connectivity index (χ4n) is 2.55. The largest absolute Gasteiger partial charge is 0.486 e. The molecule has 2 aromatic rings. The summed E-state index contributed by atoms with van der Waals surface area (Å²) in [5, 5.41) is 4.88. The van der Waals surface area contributed by atoms with Crippen LogP contribution in [0.1, 0.15) is 22.8 Å². The first-order valence-corrected chi connectivity index (χ1v) is 9.24. The molecule has 1 atom stereocenters. The van der Waals surface area contributed by atoms with Gasteiger partial charge in [-0.25, -0.2) is 9.59 Å². The number of fused-ring (bicyclic) bond motifs is 1. The molecule has 0 unspecified atom stereocenters. The van der Waals surface area contributed by atoms with Gasteiger partial charge in [-0.3, -0.25) is 10.1 Å². The van der Waals surface area contributed by atoms with Crippen LogP contribution in [0.15, 0.2) is 42.5 Å². The van der Waals surface area contributed by atoms with Crippen LogP contribution in [0.3, 0.4) is 0 Å². The molecule has 0 aromatic heterocycles. The molecule has 0 radical (unpaired) electrons. The normalized spacial score (nSPS) is 13.2. The SMILES string of the molecule is C[C@H](OC(=O)c1cc(Cl)c2c(c1)OCCO2)C(=O)NC(=O)NCc1ccccc1. The standard InChI is InChI=1S/C20H19ClN2O6/c1-12(18(24)23-20(26)22-11-13-5-3-2-4-6-13)29-19(25)14-9-15(21)17-16(10-14)27-7-8-28-17/h2-6,9-10,12H,7-8,11H2,1H3,(H2,22,23,24,26)/t12-/m0/s1. The maximum atomic E-state index is 12.3. The van der Waals surface area contributed by atoms with Crippen LogP contribution in [0, 0.1) is 0 Å². The predicted octanol–water partition coefficient (Wildman–Crippen LogP) is 2.68. The number of nitrogens with one attached hydrogen (secondary N) is 2. The molecule has 9 heteroatoms. The van der Waals surface area contributed by atoms with E-state index in [1.165, 1.54) is 19.1 Å². The minimum Gasteiger partial charge on any atom is -0.486 e. The first-order chi connectivity index (χ1) is 13.9. The summed E-state index contributed by atoms with van der Waals surface area (Å²) in [6.45, 7) is 2.31. The minimum absolute atomic E-state index is 0.104. The van der Waals surface area contributed by atoms with Gasteiger partial charge in [0.2, 0.25) is 0 Å². The summed E-state index contributed by atoms with van der Waals surface area (Å²) in [5.74, 6) is -0.854. The highest BCUT2D eigenvalue weighted by atomic mass is 35.5. The number of carbonyl (C=O) groups excluding carboxylic acids is 3. The fraction of sp³-hybridized carbons (Fsp3) is 0.250. The lowest BCUT2D eigenvalue weighted by Gasteiger charge is -2.20. The molecule has 29 heavy (non-hydrogen) atoms. The second-order valence-electron chi connectivity index (χ2n) is 6.19. The van der Waals surface area contributed by atoms with Crippen molar-refractivity contribution in [1.29, 1.82) is 0 Å². The van der Waals surface area contributed by atoms with Crippen molar-refractivity contribution in [1.82, 2.24) is 10.6 Å². The van der Waals surface area contributed by atoms with Crippen LogP contribution in [0.2, 0.25) is 5.02 Å². The number of carbonyl (C=O) groups is 3. The summed E-state index contributed by atoms with van der Waals surface area (Å²) in [5.41, 5.74) is 0.984. The molecule has 3 amide bonds. The average molecular weight is 419 g/mol. The molecular weight excluding hydrogens is 400 g/mol. The van der Waals surface area contributed by atoms with Crippen molar-refractivity contribution in [2.45, 2.75) is 19.6 Å². The topological polar surface area (TPSA) is 103 Å². The van der Waals surface area contributed by atoms with E-state index in [4.69, 9.17) is 25.8 Å². The van der Waals surface area contributed by atoms with Crippen LogP contribution < -0.4 is 20.1 Å². The van der Waals surface area contributed by atoms with Gasteiger partial charge in [0.15, 0.2) is 17.6 Å². The molecule has 0 bridgehead atoms. The lowest BCUT2D eigenvalue weighted by atomic mass is 10.2. The molecule has 0 aliphatic carbocycles. The molecule has 2 aromatic carbocycles. The summed E-state index contributed by atoms with van der Waals surface area (Å²) in [6, 6.07) is 11.3. The zero-order valence-electron chi connectivity index (χ0n) is 15.6. The van der Waals surface area contributed by atoms with E-state index >= 15 is 0 Å². The van der Waals surface area contributed by atoms with Gasteiger partial charge in [-0.15, -0.1) is 0 Å². The molecule has 0 saturated heterocycles. The van der Waals surface area contributed by atoms with E-state index in [0.29, 0.717) is 24.7 Å². The van der Waals surface area contributed by atoms with Gasteiger partial charge >= 0.3 is 12.0 Å². The lowest BCUT2D eigenvalue weighted by Crippen LogP contribution is -2.44. The maximum Gasteiger partial charge on any atom is 0.339 e. The molecule has 1 heterocycles. The maximum absolute atomic E-state index is 12.3. The number of hydrogen-bond donors (Lipinski definition) is 2. The number of imide groups is 1. The third-order valence-corrected chi connectivity index (χ3v) is 4.30. The number of esters is 1. The Morgan fingerprint density at radius 3 is 2.62 bits per heavy atom. The molecule has 1 aliphatic heterocycles. The van der Waals surface area contributed by atoms with Crippen molar-refractivity contribution < 1.29 is 28.6 Å². The van der Waals surface area contributed by atoms with Crippen LogP contribution in [-0.2, 0) is 16.1 Å². The molecular formula is C20H19ClN2O6. The predicted molar refractivity (Wildman–Crippen MR) is 104 cm³/mol. The van der Waals surface area contributed by atoms with E-state index in [-0.39, 0.29) is 17.1 Å². The Bertz CT molecular complexity index is 919. The number of hydrogen-bond acceptors (Lipinski definition) is 6. The number of halogens is 1. The first-order valence-electron chi connectivity index (χ1n) is 8.87. The average Bonchev–Trinajstić information content (AvgIpc) is 2.73. The Balaban J connectivity index is 1.53. The van der Waals surface area contributed by atoms with Crippen LogP contribution in [-0.4, -0.2) is 37.2 Å². The van der Waals surface area contributed by atoms with E-state index in [9.17, 15) is 14.4 Å². The van der Waals surface area contributed by atoms with E-state index in [1.807, 2.05) is 30.3 Å². The van der Waals surface area contributed by atoms with Crippen molar-refractivity contribution in [3.8, 4) is 11.5 Å². The van der Waals surface area contributed by atoms with E-state index in [1.54, 1.807) is 0 Å². The summed E-state index contributed by atoms with van der Waals surface area (Å²) >= 11 is 6.10. The Hall–Kier alpha value is -3.26. The second kappa shape index (κ2) is 9.29. The molecule has 0 saturated carbocycles. The summed E-state index contributed by atoms with van der Waals surface area (Å²) in [7, 11) is 0. The molecule has 0 fully saturated rings. The van der Waals surface area contributed by atoms with E-state index < -0.39 is 24.0 Å². The van der Waals surface area contributed by atoms with Gasteiger partial charge in [-0.1, -0.05) is 41.9 Å². The van der Waals surface area contributed by atoms with Crippen LogP contribution in [0.4, 0.5) is 4.79 Å². The quantitative estimate of drug-likeness (QED) is 0.724. The van der Waals surface area contributed by atoms with E-state index in [2.05, 4.69) is 10.6 Å². The van der Waals surface area contributed by atoms with Crippen molar-refractivity contribution in [3.05, 3.63) is 58.6 Å². The van der Waals surface area contributed by atoms with Crippen molar-refractivity contribution in [3.63, 3.8) is 0 Å². The highest BCUT2D eigenvalue weighted by molar-refractivity contribution is 6.32. The zero-order chi connectivity index (χ0) is 20.8. The third kappa shape index (κ3) is 5.39. The highest BCUT2D eigenvalue weighted by Gasteiger charge is 2.24. The first kappa shape index (κ1) is 20.5. The van der Waals surface area contributed by atoms with Crippen molar-refractivity contribution in [2.75, 3.05) is 13.2 Å². The van der Waals surface area contributed by atoms with Gasteiger partial charge in [0.25, 0.3) is 5.91 Å². The molecule has 1 aliphatic rings. The fourth-order valence-corrected chi connectivity index (χ4v) is 2.81. The Kier molecular flexibility index (Phi) is 6.56. The van der Waals surface area contributed by atoms with Gasteiger partial charge in [0, 0.05) is 6.54 Å². The molecule has 0 spiro atoms. The Labute approximate surface area is 172 Å². The molecule has 3 rings (SSSR count).